The Hall–Kier alpha value is -3.92. The fourth-order valence-electron chi connectivity index (χ4n) is 4.06. The van der Waals surface area contributed by atoms with Gasteiger partial charge in [0.25, 0.3) is 5.91 Å². The number of hydrogen-bond acceptors (Lipinski definition) is 7. The summed E-state index contributed by atoms with van der Waals surface area (Å²) in [6.45, 7) is 7.06. The molecule has 1 N–H and O–H groups in total. The van der Waals surface area contributed by atoms with Crippen molar-refractivity contribution in [3.05, 3.63) is 71.5 Å². The topological polar surface area (TPSA) is 99.2 Å². The van der Waals surface area contributed by atoms with Crippen molar-refractivity contribution in [2.75, 3.05) is 12.9 Å². The maximum Gasteiger partial charge on any atom is 0.250 e. The van der Waals surface area contributed by atoms with Gasteiger partial charge >= 0.3 is 0 Å². The van der Waals surface area contributed by atoms with Gasteiger partial charge in [-0.25, -0.2) is 5.43 Å². The minimum absolute atomic E-state index is 0.138. The summed E-state index contributed by atoms with van der Waals surface area (Å²) in [6, 6.07) is 17.5. The molecule has 0 unspecified atom stereocenters. The highest BCUT2D eigenvalue weighted by Crippen LogP contribution is 2.29. The monoisotopic (exact) mass is 531 g/mol. The Kier molecular flexibility index (Phi) is 9.31. The highest BCUT2D eigenvalue weighted by Gasteiger charge is 2.17. The fourth-order valence-corrected chi connectivity index (χ4v) is 4.80. The zero-order chi connectivity index (χ0) is 26.9. The minimum atomic E-state index is -0.231. The first-order valence-corrected chi connectivity index (χ1v) is 13.6. The highest BCUT2D eigenvalue weighted by atomic mass is 32.2. The van der Waals surface area contributed by atoms with Gasteiger partial charge in [0.15, 0.2) is 11.0 Å². The quantitative estimate of drug-likeness (QED) is 0.117. The van der Waals surface area contributed by atoms with Crippen LogP contribution in [0.1, 0.15) is 43.1 Å². The molecular formula is C28H33N7O2S. The molecular weight excluding hydrogens is 498 g/mol. The molecule has 0 saturated carbocycles. The first-order valence-electron chi connectivity index (χ1n) is 12.7. The van der Waals surface area contributed by atoms with Gasteiger partial charge in [-0.05, 0) is 56.7 Å². The number of rotatable bonds is 12. The second kappa shape index (κ2) is 13.0. The van der Waals surface area contributed by atoms with Crippen LogP contribution in [-0.4, -0.2) is 49.5 Å². The van der Waals surface area contributed by atoms with Gasteiger partial charge in [-0.1, -0.05) is 49.7 Å². The predicted octanol–water partition coefficient (Wildman–Crippen LogP) is 5.19. The van der Waals surface area contributed by atoms with Gasteiger partial charge in [-0.15, -0.1) is 10.2 Å². The summed E-state index contributed by atoms with van der Waals surface area (Å²) in [5.74, 6) is 1.35. The van der Waals surface area contributed by atoms with Crippen LogP contribution in [-0.2, 0) is 11.3 Å². The normalized spacial score (nSPS) is 11.3. The Morgan fingerprint density at radius 1 is 1.08 bits per heavy atom. The largest absolute Gasteiger partial charge is 0.497 e. The van der Waals surface area contributed by atoms with Crippen molar-refractivity contribution in [2.24, 2.45) is 5.10 Å². The SMILES string of the molecule is CCCCCn1nc(C)c(C=NNC(=O)CSc2nnc(-c3ccc(OC)cc3)n2-c2ccccc2)c1C. The van der Waals surface area contributed by atoms with E-state index >= 15 is 0 Å². The van der Waals surface area contributed by atoms with Crippen LogP contribution in [0.2, 0.25) is 0 Å². The molecule has 38 heavy (non-hydrogen) atoms. The molecule has 4 aromatic rings. The second-order valence-electron chi connectivity index (χ2n) is 8.80. The summed E-state index contributed by atoms with van der Waals surface area (Å²) in [5.41, 5.74) is 7.31. The third-order valence-corrected chi connectivity index (χ3v) is 7.05. The maximum atomic E-state index is 12.6. The lowest BCUT2D eigenvalue weighted by Gasteiger charge is -2.10. The molecule has 2 heterocycles. The van der Waals surface area contributed by atoms with E-state index < -0.39 is 0 Å². The molecule has 0 saturated heterocycles. The zero-order valence-corrected chi connectivity index (χ0v) is 23.0. The molecule has 0 fully saturated rings. The average Bonchev–Trinajstić information content (AvgIpc) is 3.48. The minimum Gasteiger partial charge on any atom is -0.497 e. The molecule has 0 aliphatic heterocycles. The second-order valence-corrected chi connectivity index (χ2v) is 9.74. The molecule has 0 spiro atoms. The van der Waals surface area contributed by atoms with Crippen LogP contribution in [0, 0.1) is 13.8 Å². The third-order valence-electron chi connectivity index (χ3n) is 6.12. The number of carbonyl (C=O) groups is 1. The van der Waals surface area contributed by atoms with Crippen LogP contribution in [0.25, 0.3) is 17.1 Å². The van der Waals surface area contributed by atoms with Crippen LogP contribution in [0.3, 0.4) is 0 Å². The van der Waals surface area contributed by atoms with Gasteiger partial charge in [0.2, 0.25) is 0 Å². The number of methoxy groups -OCH3 is 1. The van der Waals surface area contributed by atoms with E-state index in [9.17, 15) is 4.79 Å². The number of ether oxygens (including phenoxy) is 1. The first kappa shape index (κ1) is 27.1. The molecule has 0 bridgehead atoms. The predicted molar refractivity (Wildman–Crippen MR) is 151 cm³/mol. The zero-order valence-electron chi connectivity index (χ0n) is 22.2. The molecule has 2 aromatic carbocycles. The van der Waals surface area contributed by atoms with E-state index in [2.05, 4.69) is 32.7 Å². The summed E-state index contributed by atoms with van der Waals surface area (Å²) >= 11 is 1.30. The van der Waals surface area contributed by atoms with E-state index in [0.29, 0.717) is 11.0 Å². The van der Waals surface area contributed by atoms with Crippen molar-refractivity contribution in [3.8, 4) is 22.8 Å². The molecule has 0 aliphatic rings. The molecule has 198 valence electrons. The van der Waals surface area contributed by atoms with Crippen molar-refractivity contribution in [1.29, 1.82) is 0 Å². The summed E-state index contributed by atoms with van der Waals surface area (Å²) < 4.78 is 9.24. The standard InChI is InChI=1S/C28H33N7O2S/c1-5-6-10-17-34-21(3)25(20(2)33-34)18-29-30-26(36)19-38-28-32-31-27(22-13-15-24(37-4)16-14-22)35(28)23-11-8-7-9-12-23/h7-9,11-16,18H,5-6,10,17,19H2,1-4H3,(H,30,36). The molecule has 1 amide bonds. The number of nitrogens with one attached hydrogen (secondary N) is 1. The molecule has 10 heteroatoms. The lowest BCUT2D eigenvalue weighted by atomic mass is 10.2. The Labute approximate surface area is 227 Å². The van der Waals surface area contributed by atoms with Crippen molar-refractivity contribution in [3.63, 3.8) is 0 Å². The van der Waals surface area contributed by atoms with Crippen LogP contribution < -0.4 is 10.2 Å². The molecule has 0 radical (unpaired) electrons. The number of aromatic nitrogens is 5. The van der Waals surface area contributed by atoms with Crippen LogP contribution >= 0.6 is 11.8 Å². The summed E-state index contributed by atoms with van der Waals surface area (Å²) in [6.07, 6.45) is 5.11. The van der Waals surface area contributed by atoms with Crippen LogP contribution in [0.5, 0.6) is 5.75 Å². The number of benzene rings is 2. The number of hydrogen-bond donors (Lipinski definition) is 1. The molecule has 9 nitrogen and oxygen atoms in total. The van der Waals surface area contributed by atoms with Gasteiger partial charge in [-0.3, -0.25) is 14.0 Å². The molecule has 4 rings (SSSR count). The number of amides is 1. The average molecular weight is 532 g/mol. The van der Waals surface area contributed by atoms with Gasteiger partial charge in [-0.2, -0.15) is 10.2 Å². The maximum absolute atomic E-state index is 12.6. The third kappa shape index (κ3) is 6.49. The van der Waals surface area contributed by atoms with E-state index in [1.165, 1.54) is 24.6 Å². The number of carbonyl (C=O) groups excluding carboxylic acids is 1. The lowest BCUT2D eigenvalue weighted by molar-refractivity contribution is -0.118. The Morgan fingerprint density at radius 3 is 2.55 bits per heavy atom. The number of hydrazone groups is 1. The summed E-state index contributed by atoms with van der Waals surface area (Å²) in [4.78, 5) is 12.6. The molecule has 0 aliphatic carbocycles. The van der Waals surface area contributed by atoms with Crippen LogP contribution in [0.15, 0.2) is 64.9 Å². The smallest absolute Gasteiger partial charge is 0.250 e. The Bertz CT molecular complexity index is 1380. The van der Waals surface area contributed by atoms with Crippen molar-refractivity contribution >= 4 is 23.9 Å². The van der Waals surface area contributed by atoms with E-state index in [1.807, 2.05) is 77.7 Å². The summed E-state index contributed by atoms with van der Waals surface area (Å²) in [5, 5.41) is 18.2. The van der Waals surface area contributed by atoms with Gasteiger partial charge < -0.3 is 4.74 Å². The Balaban J connectivity index is 1.44. The number of unbranched alkanes of at least 4 members (excludes halogenated alkanes) is 2. The van der Waals surface area contributed by atoms with Crippen molar-refractivity contribution < 1.29 is 9.53 Å². The van der Waals surface area contributed by atoms with E-state index in [0.717, 1.165) is 46.9 Å². The van der Waals surface area contributed by atoms with Crippen molar-refractivity contribution in [2.45, 2.75) is 51.7 Å². The van der Waals surface area contributed by atoms with E-state index in [1.54, 1.807) is 13.3 Å². The molecule has 2 aromatic heterocycles. The van der Waals surface area contributed by atoms with E-state index in [4.69, 9.17) is 4.74 Å². The Morgan fingerprint density at radius 2 is 1.84 bits per heavy atom. The van der Waals surface area contributed by atoms with Crippen LogP contribution in [0.4, 0.5) is 0 Å². The van der Waals surface area contributed by atoms with Gasteiger partial charge in [0.05, 0.1) is 24.8 Å². The fraction of sp³-hybridized carbons (Fsp3) is 0.321. The number of thioether (sulfide) groups is 1. The van der Waals surface area contributed by atoms with Gasteiger partial charge in [0.1, 0.15) is 5.75 Å². The lowest BCUT2D eigenvalue weighted by Crippen LogP contribution is -2.20. The number of para-hydroxylation sites is 1. The number of nitrogens with zero attached hydrogens (tertiary/aromatic N) is 6. The first-order chi connectivity index (χ1) is 18.5. The van der Waals surface area contributed by atoms with Gasteiger partial charge in [0, 0.05) is 29.1 Å². The highest BCUT2D eigenvalue weighted by molar-refractivity contribution is 7.99. The van der Waals surface area contributed by atoms with E-state index in [-0.39, 0.29) is 11.7 Å². The van der Waals surface area contributed by atoms with Crippen molar-refractivity contribution in [1.82, 2.24) is 30.0 Å². The summed E-state index contributed by atoms with van der Waals surface area (Å²) in [7, 11) is 1.63. The number of aryl methyl sites for hydroxylation is 2. The molecule has 0 atom stereocenters.